The smallest absolute Gasteiger partial charge is 0.193 e. The first-order valence-corrected chi connectivity index (χ1v) is 10.9. The maximum absolute atomic E-state index is 13.2. The first kappa shape index (κ1) is 20.5. The summed E-state index contributed by atoms with van der Waals surface area (Å²) in [6, 6.07) is 33.5. The number of benzene rings is 3. The van der Waals surface area contributed by atoms with Crippen LogP contribution >= 0.6 is 0 Å². The molecular weight excluding hydrogens is 406 g/mol. The molecule has 0 unspecified atom stereocenters. The van der Waals surface area contributed by atoms with Crippen LogP contribution in [-0.4, -0.2) is 9.55 Å². The number of aromatic nitrogens is 2. The molecule has 33 heavy (non-hydrogen) atoms. The van der Waals surface area contributed by atoms with E-state index in [-0.39, 0.29) is 5.43 Å². The minimum atomic E-state index is -0.0718. The van der Waals surface area contributed by atoms with Gasteiger partial charge in [0.25, 0.3) is 0 Å². The minimum Gasteiger partial charge on any atom is -0.341 e. The van der Waals surface area contributed by atoms with Crippen molar-refractivity contribution in [3.63, 3.8) is 0 Å². The first-order valence-electron chi connectivity index (χ1n) is 10.9. The van der Waals surface area contributed by atoms with E-state index in [0.29, 0.717) is 16.9 Å². The Bertz CT molecular complexity index is 1490. The normalized spacial score (nSPS) is 11.2. The predicted molar refractivity (Wildman–Crippen MR) is 137 cm³/mol. The molecule has 2 aromatic heterocycles. The Morgan fingerprint density at radius 2 is 1.42 bits per heavy atom. The lowest BCUT2D eigenvalue weighted by Gasteiger charge is -2.18. The van der Waals surface area contributed by atoms with Crippen molar-refractivity contribution in [1.82, 2.24) is 9.55 Å². The van der Waals surface area contributed by atoms with E-state index in [1.807, 2.05) is 121 Å². The summed E-state index contributed by atoms with van der Waals surface area (Å²) in [5.74, 6) is 0.671. The second-order valence-corrected chi connectivity index (χ2v) is 7.83. The molecule has 2 heterocycles. The van der Waals surface area contributed by atoms with Gasteiger partial charge in [-0.1, -0.05) is 78.9 Å². The van der Waals surface area contributed by atoms with Gasteiger partial charge in [-0.15, -0.1) is 0 Å². The summed E-state index contributed by atoms with van der Waals surface area (Å²) in [5, 5.41) is 3.97. The van der Waals surface area contributed by atoms with E-state index in [2.05, 4.69) is 5.32 Å². The number of hydrogen-bond acceptors (Lipinski definition) is 3. The van der Waals surface area contributed by atoms with Gasteiger partial charge in [0.2, 0.25) is 0 Å². The molecule has 0 amide bonds. The molecule has 160 valence electrons. The van der Waals surface area contributed by atoms with E-state index in [0.717, 1.165) is 28.2 Å². The number of para-hydroxylation sites is 2. The Labute approximate surface area is 192 Å². The van der Waals surface area contributed by atoms with Gasteiger partial charge < -0.3 is 5.32 Å². The molecule has 0 bridgehead atoms. The molecule has 0 spiro atoms. The van der Waals surface area contributed by atoms with Crippen LogP contribution in [0.4, 0.5) is 11.5 Å². The fourth-order valence-corrected chi connectivity index (χ4v) is 3.86. The maximum atomic E-state index is 13.2. The molecule has 0 saturated carbocycles. The van der Waals surface area contributed by atoms with E-state index < -0.39 is 0 Å². The van der Waals surface area contributed by atoms with Crippen LogP contribution in [0.25, 0.3) is 28.9 Å². The van der Waals surface area contributed by atoms with Gasteiger partial charge in [-0.25, -0.2) is 4.98 Å². The van der Waals surface area contributed by atoms with Gasteiger partial charge in [0.15, 0.2) is 5.43 Å². The zero-order valence-corrected chi connectivity index (χ0v) is 18.3. The third-order valence-corrected chi connectivity index (χ3v) is 5.53. The number of nitrogens with one attached hydrogen (secondary N) is 1. The summed E-state index contributed by atoms with van der Waals surface area (Å²) in [7, 11) is 0. The topological polar surface area (TPSA) is 46.9 Å². The molecule has 0 saturated heterocycles. The summed E-state index contributed by atoms with van der Waals surface area (Å²) in [5.41, 5.74) is 5.27. The van der Waals surface area contributed by atoms with Crippen molar-refractivity contribution in [1.29, 1.82) is 0 Å². The summed E-state index contributed by atoms with van der Waals surface area (Å²) in [4.78, 5) is 18.1. The summed E-state index contributed by atoms with van der Waals surface area (Å²) < 4.78 is 2.00. The second-order valence-electron chi connectivity index (χ2n) is 7.83. The molecular formula is C29H23N3O. The van der Waals surface area contributed by atoms with Crippen LogP contribution in [0.5, 0.6) is 0 Å². The highest BCUT2D eigenvalue weighted by Crippen LogP contribution is 2.26. The van der Waals surface area contributed by atoms with E-state index in [1.54, 1.807) is 6.07 Å². The lowest BCUT2D eigenvalue weighted by molar-refractivity contribution is 1.05. The van der Waals surface area contributed by atoms with Crippen molar-refractivity contribution in [3.05, 3.63) is 130 Å². The van der Waals surface area contributed by atoms with Gasteiger partial charge in [-0.3, -0.25) is 9.36 Å². The van der Waals surface area contributed by atoms with Gasteiger partial charge in [-0.05, 0) is 48.4 Å². The van der Waals surface area contributed by atoms with E-state index >= 15 is 0 Å². The number of fused-ring (bicyclic) bond motifs is 1. The van der Waals surface area contributed by atoms with Crippen LogP contribution in [0.3, 0.4) is 0 Å². The fourth-order valence-electron chi connectivity index (χ4n) is 3.86. The van der Waals surface area contributed by atoms with Crippen molar-refractivity contribution >= 4 is 34.7 Å². The molecule has 0 aliphatic heterocycles. The molecule has 0 aliphatic carbocycles. The van der Waals surface area contributed by atoms with E-state index in [9.17, 15) is 4.79 Å². The highest BCUT2D eigenvalue weighted by atomic mass is 16.1. The molecule has 1 N–H and O–H groups in total. The minimum absolute atomic E-state index is 0.0718. The number of anilines is 2. The first-order chi connectivity index (χ1) is 16.2. The Morgan fingerprint density at radius 3 is 2.12 bits per heavy atom. The Balaban J connectivity index is 1.69. The van der Waals surface area contributed by atoms with Crippen molar-refractivity contribution in [2.45, 2.75) is 6.92 Å². The molecule has 4 nitrogen and oxygen atoms in total. The molecule has 0 fully saturated rings. The number of pyridine rings is 2. The predicted octanol–water partition coefficient (Wildman–Crippen LogP) is 6.61. The zero-order chi connectivity index (χ0) is 22.6. The van der Waals surface area contributed by atoms with Gasteiger partial charge in [0.1, 0.15) is 11.5 Å². The van der Waals surface area contributed by atoms with Crippen molar-refractivity contribution in [3.8, 4) is 5.69 Å². The number of aryl methyl sites for hydroxylation is 1. The zero-order valence-electron chi connectivity index (χ0n) is 18.3. The van der Waals surface area contributed by atoms with E-state index in [4.69, 9.17) is 4.98 Å². The molecule has 3 aromatic carbocycles. The van der Waals surface area contributed by atoms with Crippen molar-refractivity contribution < 1.29 is 0 Å². The van der Waals surface area contributed by atoms with Crippen LogP contribution in [0, 0.1) is 6.92 Å². The monoisotopic (exact) mass is 429 g/mol. The highest BCUT2D eigenvalue weighted by molar-refractivity contribution is 5.85. The molecule has 0 aliphatic rings. The molecule has 0 radical (unpaired) electrons. The second kappa shape index (κ2) is 8.97. The largest absolute Gasteiger partial charge is 0.341 e. The van der Waals surface area contributed by atoms with Crippen LogP contribution in [0.15, 0.2) is 108 Å². The summed E-state index contributed by atoms with van der Waals surface area (Å²) >= 11 is 0. The quantitative estimate of drug-likeness (QED) is 0.342. The number of hydrogen-bond donors (Lipinski definition) is 1. The van der Waals surface area contributed by atoms with Gasteiger partial charge >= 0.3 is 0 Å². The third kappa shape index (κ3) is 4.32. The SMILES string of the molecule is Cc1nc2c(cc1/C=C/c1ccccc1)c(=O)cc(Nc1ccccc1)n2-c1ccccc1. The Kier molecular flexibility index (Phi) is 5.56. The molecule has 0 atom stereocenters. The highest BCUT2D eigenvalue weighted by Gasteiger charge is 2.14. The Hall–Kier alpha value is -4.44. The lowest BCUT2D eigenvalue weighted by atomic mass is 10.1. The van der Waals surface area contributed by atoms with E-state index in [1.165, 1.54) is 0 Å². The van der Waals surface area contributed by atoms with Crippen molar-refractivity contribution in [2.24, 2.45) is 0 Å². The molecule has 4 heteroatoms. The van der Waals surface area contributed by atoms with Crippen molar-refractivity contribution in [2.75, 3.05) is 5.32 Å². The number of rotatable bonds is 5. The summed E-state index contributed by atoms with van der Waals surface area (Å²) in [6.45, 7) is 1.97. The Morgan fingerprint density at radius 1 is 0.788 bits per heavy atom. The standard InChI is InChI=1S/C29H23N3O/c1-21-23(18-17-22-11-5-2-6-12-22)19-26-27(33)20-28(31-24-13-7-3-8-14-24)32(29(26)30-21)25-15-9-4-10-16-25/h2-20,31H,1H3/b18-17+. The van der Waals surface area contributed by atoms with Crippen LogP contribution in [-0.2, 0) is 0 Å². The summed E-state index contributed by atoms with van der Waals surface area (Å²) in [6.07, 6.45) is 4.05. The average Bonchev–Trinajstić information content (AvgIpc) is 2.85. The maximum Gasteiger partial charge on any atom is 0.193 e. The lowest BCUT2D eigenvalue weighted by Crippen LogP contribution is -2.14. The molecule has 5 aromatic rings. The fraction of sp³-hybridized carbons (Fsp3) is 0.0345. The third-order valence-electron chi connectivity index (χ3n) is 5.53. The van der Waals surface area contributed by atoms with Crippen LogP contribution in [0.2, 0.25) is 0 Å². The van der Waals surface area contributed by atoms with Crippen LogP contribution in [0.1, 0.15) is 16.8 Å². The van der Waals surface area contributed by atoms with Gasteiger partial charge in [0.05, 0.1) is 5.39 Å². The number of nitrogens with zero attached hydrogens (tertiary/aromatic N) is 2. The van der Waals surface area contributed by atoms with Gasteiger partial charge in [0, 0.05) is 23.1 Å². The van der Waals surface area contributed by atoms with Crippen LogP contribution < -0.4 is 10.7 Å². The van der Waals surface area contributed by atoms with Gasteiger partial charge in [-0.2, -0.15) is 0 Å². The molecule has 5 rings (SSSR count). The average molecular weight is 430 g/mol.